The molecule has 1 atom stereocenters. The molecule has 0 saturated carbocycles. The third-order valence-corrected chi connectivity index (χ3v) is 16.7. The molecule has 0 spiro atoms. The molecule has 6 heteroatoms. The van der Waals surface area contributed by atoms with Crippen LogP contribution in [0.3, 0.4) is 0 Å². The third-order valence-electron chi connectivity index (χ3n) is 6.98. The van der Waals surface area contributed by atoms with Crippen molar-refractivity contribution in [3.63, 3.8) is 0 Å². The normalized spacial score (nSPS) is 13.8. The molecule has 3 rings (SSSR count). The molecule has 0 aliphatic rings. The summed E-state index contributed by atoms with van der Waals surface area (Å²) in [5, 5.41) is 2.37. The van der Waals surface area contributed by atoms with Crippen molar-refractivity contribution in [1.29, 1.82) is 0 Å². The van der Waals surface area contributed by atoms with Crippen LogP contribution >= 0.6 is 0 Å². The number of hydrogen-bond donors (Lipinski definition) is 0. The summed E-state index contributed by atoms with van der Waals surface area (Å²) in [6.45, 7) is 14.1. The third kappa shape index (κ3) is 5.40. The lowest BCUT2D eigenvalue weighted by Gasteiger charge is -2.45. The molecule has 0 N–H and O–H groups in total. The number of benzene rings is 2. The second-order valence-electron chi connectivity index (χ2n) is 9.73. The first-order valence-electron chi connectivity index (χ1n) is 12.1. The molecule has 0 fully saturated rings. The van der Waals surface area contributed by atoms with Gasteiger partial charge in [-0.05, 0) is 33.5 Å². The highest BCUT2D eigenvalue weighted by atomic mass is 28.4. The zero-order valence-corrected chi connectivity index (χ0v) is 23.0. The first-order valence-corrected chi connectivity index (χ1v) is 16.6. The van der Waals surface area contributed by atoms with Crippen LogP contribution in [0.25, 0.3) is 0 Å². The Morgan fingerprint density at radius 1 is 0.848 bits per heavy atom. The largest absolute Gasteiger partial charge is 0.446 e. The van der Waals surface area contributed by atoms with E-state index in [1.165, 1.54) is 16.8 Å². The van der Waals surface area contributed by atoms with Gasteiger partial charge >= 0.3 is 0 Å². The van der Waals surface area contributed by atoms with E-state index >= 15 is 0 Å². The average molecular weight is 482 g/mol. The fourth-order valence-electron chi connectivity index (χ4n) is 4.77. The van der Waals surface area contributed by atoms with Gasteiger partial charge in [0.15, 0.2) is 20.5 Å². The van der Waals surface area contributed by atoms with E-state index < -0.39 is 16.6 Å². The predicted molar refractivity (Wildman–Crippen MR) is 141 cm³/mol. The van der Waals surface area contributed by atoms with Crippen molar-refractivity contribution in [3.05, 3.63) is 79.0 Å². The zero-order chi connectivity index (χ0) is 24.0. The van der Waals surface area contributed by atoms with Crippen LogP contribution in [-0.2, 0) is 8.85 Å². The maximum absolute atomic E-state index is 7.35. The predicted octanol–water partition coefficient (Wildman–Crippen LogP) is 6.31. The summed E-state index contributed by atoms with van der Waals surface area (Å²) in [7, 11) is -4.55. The molecular formula is C27H39NO3Si2. The molecule has 3 aromatic rings. The second kappa shape index (κ2) is 11.0. The van der Waals surface area contributed by atoms with Gasteiger partial charge in [0, 0.05) is 0 Å². The minimum atomic E-state index is -2.75. The van der Waals surface area contributed by atoms with Gasteiger partial charge in [0.2, 0.25) is 0 Å². The Labute approximate surface area is 201 Å². The zero-order valence-electron chi connectivity index (χ0n) is 21.0. The molecule has 0 radical (unpaired) electrons. The second-order valence-corrected chi connectivity index (χ2v) is 18.8. The summed E-state index contributed by atoms with van der Waals surface area (Å²) < 4.78 is 19.9. The Kier molecular flexibility index (Phi) is 8.50. The van der Waals surface area contributed by atoms with Crippen LogP contribution in [-0.4, -0.2) is 28.2 Å². The van der Waals surface area contributed by atoms with Crippen molar-refractivity contribution < 1.29 is 13.3 Å². The van der Waals surface area contributed by atoms with Crippen LogP contribution in [0, 0.1) is 0 Å². The van der Waals surface area contributed by atoms with Gasteiger partial charge < -0.3 is 13.3 Å². The molecule has 0 saturated heterocycles. The topological polar surface area (TPSA) is 44.5 Å². The van der Waals surface area contributed by atoms with E-state index in [4.69, 9.17) is 13.3 Å². The lowest BCUT2D eigenvalue weighted by Crippen LogP contribution is -2.67. The molecule has 0 amide bonds. The van der Waals surface area contributed by atoms with Crippen molar-refractivity contribution in [1.82, 2.24) is 4.98 Å². The van der Waals surface area contributed by atoms with Gasteiger partial charge in [0.1, 0.15) is 6.10 Å². The number of oxazole rings is 1. The molecule has 0 aliphatic heterocycles. The molecule has 1 aromatic heterocycles. The molecule has 0 unspecified atom stereocenters. The summed E-state index contributed by atoms with van der Waals surface area (Å²) >= 11 is 0. The van der Waals surface area contributed by atoms with Crippen molar-refractivity contribution in [2.45, 2.75) is 70.8 Å². The summed E-state index contributed by atoms with van der Waals surface area (Å²) in [4.78, 5) is 4.21. The van der Waals surface area contributed by atoms with Crippen molar-refractivity contribution >= 4 is 27.0 Å². The van der Waals surface area contributed by atoms with Crippen LogP contribution in [0.4, 0.5) is 0 Å². The number of nitrogens with zero attached hydrogens (tertiary/aromatic N) is 1. The molecule has 0 aliphatic carbocycles. The van der Waals surface area contributed by atoms with E-state index in [9.17, 15) is 0 Å². The van der Waals surface area contributed by atoms with E-state index in [1.54, 1.807) is 6.20 Å². The number of aromatic nitrogens is 1. The van der Waals surface area contributed by atoms with E-state index in [0.29, 0.717) is 6.61 Å². The maximum atomic E-state index is 7.35. The maximum Gasteiger partial charge on any atom is 0.262 e. The Balaban J connectivity index is 2.12. The summed E-state index contributed by atoms with van der Waals surface area (Å²) in [5.41, 5.74) is 0. The van der Waals surface area contributed by atoms with Crippen LogP contribution < -0.4 is 10.4 Å². The highest BCUT2D eigenvalue weighted by Gasteiger charge is 2.52. The fraction of sp³-hybridized carbons (Fsp3) is 0.444. The highest BCUT2D eigenvalue weighted by Crippen LogP contribution is 2.40. The molecule has 1 heterocycles. The van der Waals surface area contributed by atoms with E-state index in [0.717, 1.165) is 23.9 Å². The standard InChI is InChI=1S/C27H39NO3Si2/c1-7-32(8-2,9-3)30-21-26(25-20-28-22-29-25)31-33(27(4,5)6,23-16-12-10-13-17-23)24-18-14-11-15-19-24/h10-20,22,26H,7-9,21H2,1-6H3/t26-/m1/s1. The quantitative estimate of drug-likeness (QED) is 0.301. The first kappa shape index (κ1) is 25.6. The van der Waals surface area contributed by atoms with Gasteiger partial charge in [-0.25, -0.2) is 4.98 Å². The van der Waals surface area contributed by atoms with Crippen molar-refractivity contribution in [3.8, 4) is 0 Å². The summed E-state index contributed by atoms with van der Waals surface area (Å²) in [6, 6.07) is 24.7. The van der Waals surface area contributed by atoms with Gasteiger partial charge in [0.25, 0.3) is 8.32 Å². The van der Waals surface area contributed by atoms with Gasteiger partial charge in [0.05, 0.1) is 12.8 Å². The Bertz CT molecular complexity index is 904. The van der Waals surface area contributed by atoms with Gasteiger partial charge in [-0.1, -0.05) is 102 Å². The monoisotopic (exact) mass is 481 g/mol. The lowest BCUT2D eigenvalue weighted by molar-refractivity contribution is 0.0954. The van der Waals surface area contributed by atoms with Crippen molar-refractivity contribution in [2.75, 3.05) is 6.61 Å². The molecule has 178 valence electrons. The van der Waals surface area contributed by atoms with Gasteiger partial charge in [-0.2, -0.15) is 0 Å². The fourth-order valence-corrected chi connectivity index (χ4v) is 12.0. The molecule has 0 bridgehead atoms. The smallest absolute Gasteiger partial charge is 0.262 e. The first-order chi connectivity index (χ1) is 15.8. The van der Waals surface area contributed by atoms with E-state index in [2.05, 4.69) is 107 Å². The van der Waals surface area contributed by atoms with Crippen LogP contribution in [0.1, 0.15) is 53.4 Å². The minimum Gasteiger partial charge on any atom is -0.446 e. The van der Waals surface area contributed by atoms with Gasteiger partial charge in [-0.3, -0.25) is 0 Å². The van der Waals surface area contributed by atoms with Crippen LogP contribution in [0.5, 0.6) is 0 Å². The lowest BCUT2D eigenvalue weighted by atomic mass is 10.2. The highest BCUT2D eigenvalue weighted by molar-refractivity contribution is 6.99. The Morgan fingerprint density at radius 2 is 1.36 bits per heavy atom. The van der Waals surface area contributed by atoms with Crippen molar-refractivity contribution in [2.24, 2.45) is 0 Å². The molecule has 33 heavy (non-hydrogen) atoms. The van der Waals surface area contributed by atoms with Gasteiger partial charge in [-0.15, -0.1) is 0 Å². The van der Waals surface area contributed by atoms with Crippen LogP contribution in [0.15, 0.2) is 77.7 Å². The summed E-state index contributed by atoms with van der Waals surface area (Å²) in [6.07, 6.45) is 2.94. The Hall–Kier alpha value is -2.00. The van der Waals surface area contributed by atoms with E-state index in [1.807, 2.05) is 0 Å². The SMILES string of the molecule is CC[Si](CC)(CC)OC[C@@H](O[Si](c1ccccc1)(c1ccccc1)C(C)(C)C)c1cnco1. The minimum absolute atomic E-state index is 0.122. The number of hydrogen-bond acceptors (Lipinski definition) is 4. The number of rotatable bonds is 11. The average Bonchev–Trinajstić information content (AvgIpc) is 3.37. The summed E-state index contributed by atoms with van der Waals surface area (Å²) in [5.74, 6) is 0.731. The molecule has 2 aromatic carbocycles. The van der Waals surface area contributed by atoms with E-state index in [-0.39, 0.29) is 11.1 Å². The molecule has 4 nitrogen and oxygen atoms in total. The Morgan fingerprint density at radius 3 is 1.76 bits per heavy atom. The van der Waals surface area contributed by atoms with Crippen LogP contribution in [0.2, 0.25) is 23.2 Å². The molecular weight excluding hydrogens is 442 g/mol.